The van der Waals surface area contributed by atoms with Gasteiger partial charge in [-0.2, -0.15) is 0 Å². The van der Waals surface area contributed by atoms with Gasteiger partial charge < -0.3 is 16.3 Å². The normalized spacial score (nSPS) is 13.0. The number of sulfone groups is 1. The minimum atomic E-state index is -3.60. The van der Waals surface area contributed by atoms with Crippen molar-refractivity contribution < 1.29 is 18.4 Å². The highest BCUT2D eigenvalue weighted by atomic mass is 79.9. The molecule has 0 aliphatic carbocycles. The van der Waals surface area contributed by atoms with Gasteiger partial charge in [-0.1, -0.05) is 21.1 Å². The molecule has 1 aromatic rings. The number of hydrogen-bond acceptors (Lipinski definition) is 5. The third kappa shape index (κ3) is 3.73. The molecule has 1 amide bonds. The molecule has 0 atom stereocenters. The lowest BCUT2D eigenvalue weighted by Gasteiger charge is -2.22. The van der Waals surface area contributed by atoms with Crippen LogP contribution in [0.5, 0.6) is 0 Å². The van der Waals surface area contributed by atoms with Gasteiger partial charge in [0.05, 0.1) is 5.69 Å². The van der Waals surface area contributed by atoms with Crippen molar-refractivity contribution >= 4 is 43.2 Å². The monoisotopic (exact) mass is 377 g/mol. The second-order valence-electron chi connectivity index (χ2n) is 4.91. The molecule has 0 aromatic heterocycles. The van der Waals surface area contributed by atoms with Crippen LogP contribution in [0, 0.1) is 0 Å². The zero-order valence-corrected chi connectivity index (χ0v) is 14.1. The minimum Gasteiger partial charge on any atom is -0.409 e. The SMILES string of the molecule is CC(C)(C(=O)Nc1ccc(Br)cc1/C(N)=N/O)S(C)(=O)=O. The van der Waals surface area contributed by atoms with Crippen LogP contribution in [0.1, 0.15) is 19.4 Å². The molecule has 9 heteroatoms. The fraction of sp³-hybridized carbons (Fsp3) is 0.333. The third-order valence-corrected chi connectivity index (χ3v) is 5.62. The molecule has 0 fully saturated rings. The zero-order valence-electron chi connectivity index (χ0n) is 11.7. The van der Waals surface area contributed by atoms with Gasteiger partial charge in [0.25, 0.3) is 0 Å². The number of amidine groups is 1. The lowest BCUT2D eigenvalue weighted by Crippen LogP contribution is -2.44. The first-order valence-electron chi connectivity index (χ1n) is 5.79. The molecule has 0 aliphatic rings. The van der Waals surface area contributed by atoms with Crippen molar-refractivity contribution in [2.24, 2.45) is 10.9 Å². The number of carbonyl (C=O) groups is 1. The summed E-state index contributed by atoms with van der Waals surface area (Å²) in [6.07, 6.45) is 0.985. The molecule has 1 aromatic carbocycles. The van der Waals surface area contributed by atoms with Crippen LogP contribution in [0.25, 0.3) is 0 Å². The van der Waals surface area contributed by atoms with E-state index in [-0.39, 0.29) is 17.1 Å². The summed E-state index contributed by atoms with van der Waals surface area (Å²) in [4.78, 5) is 12.2. The van der Waals surface area contributed by atoms with Gasteiger partial charge >= 0.3 is 0 Å². The van der Waals surface area contributed by atoms with E-state index in [2.05, 4.69) is 26.4 Å². The van der Waals surface area contributed by atoms with E-state index in [1.54, 1.807) is 6.07 Å². The number of amides is 1. The van der Waals surface area contributed by atoms with Crippen molar-refractivity contribution in [2.45, 2.75) is 18.6 Å². The van der Waals surface area contributed by atoms with E-state index in [4.69, 9.17) is 10.9 Å². The molecule has 0 unspecified atom stereocenters. The Morgan fingerprint density at radius 3 is 2.48 bits per heavy atom. The molecule has 0 heterocycles. The molecule has 0 aliphatic heterocycles. The number of nitrogens with two attached hydrogens (primary N) is 1. The molecule has 0 bridgehead atoms. The molecule has 0 spiro atoms. The molecule has 4 N–H and O–H groups in total. The summed E-state index contributed by atoms with van der Waals surface area (Å²) in [6.45, 7) is 2.61. The number of carbonyl (C=O) groups excluding carboxylic acids is 1. The first-order valence-corrected chi connectivity index (χ1v) is 8.47. The molecular formula is C12H16BrN3O4S. The predicted octanol–water partition coefficient (Wildman–Crippen LogP) is 1.31. The maximum absolute atomic E-state index is 12.2. The average molecular weight is 378 g/mol. The molecular weight excluding hydrogens is 362 g/mol. The van der Waals surface area contributed by atoms with E-state index in [1.807, 2.05) is 0 Å². The van der Waals surface area contributed by atoms with Crippen molar-refractivity contribution in [1.82, 2.24) is 0 Å². The van der Waals surface area contributed by atoms with Crippen LogP contribution in [0.2, 0.25) is 0 Å². The highest BCUT2D eigenvalue weighted by molar-refractivity contribution is 9.10. The Balaban J connectivity index is 3.24. The number of halogens is 1. The van der Waals surface area contributed by atoms with Crippen molar-refractivity contribution in [1.29, 1.82) is 0 Å². The predicted molar refractivity (Wildman–Crippen MR) is 84.2 cm³/mol. The topological polar surface area (TPSA) is 122 Å². The molecule has 7 nitrogen and oxygen atoms in total. The molecule has 1 rings (SSSR count). The smallest absolute Gasteiger partial charge is 0.245 e. The Hall–Kier alpha value is -1.61. The fourth-order valence-electron chi connectivity index (χ4n) is 1.33. The van der Waals surface area contributed by atoms with Crippen molar-refractivity contribution in [3.63, 3.8) is 0 Å². The lowest BCUT2D eigenvalue weighted by atomic mass is 10.1. The van der Waals surface area contributed by atoms with Gasteiger partial charge in [-0.15, -0.1) is 0 Å². The summed E-state index contributed by atoms with van der Waals surface area (Å²) < 4.78 is 22.4. The van der Waals surface area contributed by atoms with Crippen molar-refractivity contribution in [2.75, 3.05) is 11.6 Å². The summed E-state index contributed by atoms with van der Waals surface area (Å²) in [5.41, 5.74) is 6.06. The fourth-order valence-corrected chi connectivity index (χ4v) is 2.08. The Morgan fingerprint density at radius 2 is 2.00 bits per heavy atom. The molecule has 21 heavy (non-hydrogen) atoms. The standard InChI is InChI=1S/C12H16BrN3O4S/c1-12(2,21(3,19)20)11(17)15-9-5-4-7(13)6-8(9)10(14)16-18/h4-6,18H,1-3H3,(H2,14,16)(H,15,17). The van der Waals surface area contributed by atoms with E-state index < -0.39 is 20.5 Å². The summed E-state index contributed by atoms with van der Waals surface area (Å²) in [6, 6.07) is 4.70. The number of oxime groups is 1. The zero-order chi connectivity index (χ0) is 16.4. The van der Waals surface area contributed by atoms with Gasteiger partial charge in [-0.05, 0) is 32.0 Å². The largest absolute Gasteiger partial charge is 0.409 e. The van der Waals surface area contributed by atoms with Gasteiger partial charge in [0, 0.05) is 16.3 Å². The van der Waals surface area contributed by atoms with Crippen LogP contribution in [0.15, 0.2) is 27.8 Å². The maximum Gasteiger partial charge on any atom is 0.245 e. The van der Waals surface area contributed by atoms with Crippen LogP contribution < -0.4 is 11.1 Å². The Bertz CT molecular complexity index is 698. The first-order chi connectivity index (χ1) is 9.50. The second kappa shape index (κ2) is 6.02. The van der Waals surface area contributed by atoms with E-state index in [1.165, 1.54) is 26.0 Å². The Labute approximate surface area is 131 Å². The number of nitrogens with one attached hydrogen (secondary N) is 1. The molecule has 0 radical (unpaired) electrons. The van der Waals surface area contributed by atoms with E-state index >= 15 is 0 Å². The Kier molecular flexibility index (Phi) is 5.00. The highest BCUT2D eigenvalue weighted by Gasteiger charge is 2.38. The molecule has 0 saturated heterocycles. The van der Waals surface area contributed by atoms with Crippen LogP contribution in [0.4, 0.5) is 5.69 Å². The lowest BCUT2D eigenvalue weighted by molar-refractivity contribution is -0.117. The van der Waals surface area contributed by atoms with E-state index in [9.17, 15) is 13.2 Å². The molecule has 116 valence electrons. The summed E-state index contributed by atoms with van der Waals surface area (Å²) in [7, 11) is -3.60. The second-order valence-corrected chi connectivity index (χ2v) is 8.39. The van der Waals surface area contributed by atoms with Crippen LogP contribution in [-0.4, -0.2) is 36.4 Å². The van der Waals surface area contributed by atoms with Gasteiger partial charge in [-0.25, -0.2) is 8.42 Å². The van der Waals surface area contributed by atoms with Crippen LogP contribution >= 0.6 is 15.9 Å². The number of hydrogen-bond donors (Lipinski definition) is 3. The van der Waals surface area contributed by atoms with Gasteiger partial charge in [0.2, 0.25) is 5.91 Å². The summed E-state index contributed by atoms with van der Waals surface area (Å²) in [5.74, 6) is -0.914. The minimum absolute atomic E-state index is 0.205. The number of benzene rings is 1. The highest BCUT2D eigenvalue weighted by Crippen LogP contribution is 2.24. The van der Waals surface area contributed by atoms with Crippen molar-refractivity contribution in [3.05, 3.63) is 28.2 Å². The summed E-state index contributed by atoms with van der Waals surface area (Å²) in [5, 5.41) is 14.1. The van der Waals surface area contributed by atoms with Crippen LogP contribution in [-0.2, 0) is 14.6 Å². The number of nitrogens with zero attached hydrogens (tertiary/aromatic N) is 1. The number of rotatable bonds is 4. The summed E-state index contributed by atoms with van der Waals surface area (Å²) >= 11 is 3.23. The van der Waals surface area contributed by atoms with Gasteiger partial charge in [-0.3, -0.25) is 4.79 Å². The third-order valence-electron chi connectivity index (χ3n) is 3.09. The quantitative estimate of drug-likeness (QED) is 0.316. The van der Waals surface area contributed by atoms with Gasteiger partial charge in [0.1, 0.15) is 4.75 Å². The maximum atomic E-state index is 12.2. The Morgan fingerprint density at radius 1 is 1.43 bits per heavy atom. The van der Waals surface area contributed by atoms with E-state index in [0.29, 0.717) is 4.47 Å². The first kappa shape index (κ1) is 17.4. The molecule has 0 saturated carbocycles. The number of anilines is 1. The average Bonchev–Trinajstić information content (AvgIpc) is 2.38. The van der Waals surface area contributed by atoms with Crippen LogP contribution in [0.3, 0.4) is 0 Å². The van der Waals surface area contributed by atoms with Crippen molar-refractivity contribution in [3.8, 4) is 0 Å². The van der Waals surface area contributed by atoms with E-state index in [0.717, 1.165) is 6.26 Å². The van der Waals surface area contributed by atoms with Gasteiger partial charge in [0.15, 0.2) is 15.7 Å².